The van der Waals surface area contributed by atoms with Crippen molar-refractivity contribution >= 4 is 11.6 Å². The van der Waals surface area contributed by atoms with Crippen molar-refractivity contribution < 1.29 is 14.6 Å². The topological polar surface area (TPSA) is 121 Å². The monoisotopic (exact) mass is 312 g/mol. The third kappa shape index (κ3) is 3.68. The number of phenolic OH excluding ortho intramolecular Hbond substituents is 1. The molecule has 118 valence electrons. The number of aromatic nitrogens is 1. The molecular formula is C16H16N4O3. The maximum Gasteiger partial charge on any atom is 0.270 e. The number of nitrogen functional groups attached to an aromatic ring is 1. The van der Waals surface area contributed by atoms with Gasteiger partial charge in [-0.05, 0) is 19.1 Å². The minimum atomic E-state index is -0.481. The van der Waals surface area contributed by atoms with Crippen LogP contribution in [0.15, 0.2) is 30.3 Å². The number of hydrogen-bond donors (Lipinski definition) is 3. The summed E-state index contributed by atoms with van der Waals surface area (Å²) in [6, 6.07) is 9.90. The van der Waals surface area contributed by atoms with E-state index in [0.717, 1.165) is 0 Å². The van der Waals surface area contributed by atoms with Gasteiger partial charge < -0.3 is 20.9 Å². The Morgan fingerprint density at radius 2 is 2.22 bits per heavy atom. The van der Waals surface area contributed by atoms with E-state index in [4.69, 9.17) is 15.7 Å². The molecule has 23 heavy (non-hydrogen) atoms. The molecule has 2 aromatic rings. The molecule has 0 atom stereocenters. The summed E-state index contributed by atoms with van der Waals surface area (Å²) < 4.78 is 5.25. The number of nitriles is 1. The number of para-hydroxylation sites is 1. The van der Waals surface area contributed by atoms with E-state index in [1.165, 1.54) is 12.1 Å². The van der Waals surface area contributed by atoms with Crippen LogP contribution < -0.4 is 15.8 Å². The first-order valence-corrected chi connectivity index (χ1v) is 6.95. The van der Waals surface area contributed by atoms with Gasteiger partial charge >= 0.3 is 0 Å². The van der Waals surface area contributed by atoms with Gasteiger partial charge in [-0.15, -0.1) is 0 Å². The molecule has 0 aliphatic heterocycles. The van der Waals surface area contributed by atoms with Crippen molar-refractivity contribution in [1.82, 2.24) is 10.3 Å². The molecule has 0 saturated carbocycles. The van der Waals surface area contributed by atoms with E-state index in [0.29, 0.717) is 12.2 Å². The molecule has 0 saturated heterocycles. The van der Waals surface area contributed by atoms with Gasteiger partial charge in [0.25, 0.3) is 5.91 Å². The zero-order valence-electron chi connectivity index (χ0n) is 12.5. The smallest absolute Gasteiger partial charge is 0.270 e. The molecule has 2 rings (SSSR count). The molecule has 4 N–H and O–H groups in total. The van der Waals surface area contributed by atoms with Crippen LogP contribution in [0.5, 0.6) is 11.6 Å². The van der Waals surface area contributed by atoms with Crippen molar-refractivity contribution in [2.24, 2.45) is 0 Å². The average Bonchev–Trinajstić information content (AvgIpc) is 2.54. The van der Waals surface area contributed by atoms with Gasteiger partial charge in [0.15, 0.2) is 0 Å². The summed E-state index contributed by atoms with van der Waals surface area (Å²) in [4.78, 5) is 16.2. The lowest BCUT2D eigenvalue weighted by molar-refractivity contribution is 0.0944. The minimum absolute atomic E-state index is 0.0303. The Bertz CT molecular complexity index is 768. The molecule has 1 heterocycles. The molecule has 1 amide bonds. The normalized spacial score (nSPS) is 9.91. The largest absolute Gasteiger partial charge is 0.508 e. The molecule has 0 fully saturated rings. The number of nitrogens with one attached hydrogen (secondary N) is 1. The van der Waals surface area contributed by atoms with Crippen molar-refractivity contribution in [1.29, 1.82) is 5.26 Å². The number of pyridine rings is 1. The number of benzene rings is 1. The van der Waals surface area contributed by atoms with Crippen molar-refractivity contribution in [2.75, 3.05) is 12.3 Å². The molecule has 0 aliphatic carbocycles. The summed E-state index contributed by atoms with van der Waals surface area (Å²) in [5, 5.41) is 21.4. The van der Waals surface area contributed by atoms with Gasteiger partial charge in [-0.2, -0.15) is 5.26 Å². The van der Waals surface area contributed by atoms with E-state index in [-0.39, 0.29) is 35.1 Å². The summed E-state index contributed by atoms with van der Waals surface area (Å²) in [5.74, 6) is -0.358. The maximum atomic E-state index is 12.2. The van der Waals surface area contributed by atoms with Crippen LogP contribution in [0.3, 0.4) is 0 Å². The Morgan fingerprint density at radius 1 is 1.48 bits per heavy atom. The van der Waals surface area contributed by atoms with Crippen molar-refractivity contribution in [2.45, 2.75) is 13.5 Å². The quantitative estimate of drug-likeness (QED) is 0.770. The zero-order chi connectivity index (χ0) is 16.8. The number of amides is 1. The highest BCUT2D eigenvalue weighted by Crippen LogP contribution is 2.23. The maximum absolute atomic E-state index is 12.2. The van der Waals surface area contributed by atoms with Crippen molar-refractivity contribution in [3.05, 3.63) is 47.2 Å². The van der Waals surface area contributed by atoms with Crippen LogP contribution in [-0.2, 0) is 6.54 Å². The first-order valence-electron chi connectivity index (χ1n) is 6.95. The highest BCUT2D eigenvalue weighted by Gasteiger charge is 2.16. The number of nitrogens with two attached hydrogens (primary N) is 1. The van der Waals surface area contributed by atoms with Crippen LogP contribution in [0, 0.1) is 11.3 Å². The van der Waals surface area contributed by atoms with Crippen LogP contribution in [0.2, 0.25) is 0 Å². The SMILES string of the molecule is CCOc1nc(C(=O)NCc2ccccc2O)cc(N)c1C#N. The lowest BCUT2D eigenvalue weighted by Crippen LogP contribution is -2.24. The van der Waals surface area contributed by atoms with Gasteiger partial charge in [-0.3, -0.25) is 4.79 Å². The predicted molar refractivity (Wildman–Crippen MR) is 83.8 cm³/mol. The Hall–Kier alpha value is -3.27. The molecule has 0 spiro atoms. The number of ether oxygens (including phenoxy) is 1. The summed E-state index contributed by atoms with van der Waals surface area (Å²) in [6.07, 6.45) is 0. The van der Waals surface area contributed by atoms with Gasteiger partial charge in [-0.1, -0.05) is 18.2 Å². The van der Waals surface area contributed by atoms with E-state index >= 15 is 0 Å². The standard InChI is InChI=1S/C16H16N4O3/c1-2-23-16-11(8-17)12(18)7-13(20-16)15(22)19-9-10-5-3-4-6-14(10)21/h3-7,21H,2,9H2,1H3,(H2,18,20)(H,19,22). The molecule has 7 nitrogen and oxygen atoms in total. The predicted octanol–water partition coefficient (Wildman–Crippen LogP) is 1.57. The second-order valence-electron chi connectivity index (χ2n) is 4.63. The van der Waals surface area contributed by atoms with Crippen LogP contribution in [0.25, 0.3) is 0 Å². The number of phenols is 1. The number of carbonyl (C=O) groups excluding carboxylic acids is 1. The summed E-state index contributed by atoms with van der Waals surface area (Å²) in [7, 11) is 0. The van der Waals surface area contributed by atoms with Crippen LogP contribution in [0.1, 0.15) is 28.5 Å². The van der Waals surface area contributed by atoms with Crippen molar-refractivity contribution in [3.63, 3.8) is 0 Å². The van der Waals surface area contributed by atoms with Gasteiger partial charge in [0, 0.05) is 12.1 Å². The Labute approximate surface area is 133 Å². The van der Waals surface area contributed by atoms with E-state index in [1.54, 1.807) is 25.1 Å². The van der Waals surface area contributed by atoms with E-state index in [2.05, 4.69) is 10.3 Å². The number of nitrogens with zero attached hydrogens (tertiary/aromatic N) is 2. The number of anilines is 1. The van der Waals surface area contributed by atoms with E-state index in [1.807, 2.05) is 6.07 Å². The van der Waals surface area contributed by atoms with Gasteiger partial charge in [0.05, 0.1) is 12.3 Å². The highest BCUT2D eigenvalue weighted by molar-refractivity contribution is 5.93. The second-order valence-corrected chi connectivity index (χ2v) is 4.63. The second kappa shape index (κ2) is 7.13. The van der Waals surface area contributed by atoms with Gasteiger partial charge in [-0.25, -0.2) is 4.98 Å². The Balaban J connectivity index is 2.19. The first-order chi connectivity index (χ1) is 11.1. The first kappa shape index (κ1) is 16.1. The van der Waals surface area contributed by atoms with Crippen LogP contribution in [0.4, 0.5) is 5.69 Å². The summed E-state index contributed by atoms with van der Waals surface area (Å²) in [6.45, 7) is 2.17. The lowest BCUT2D eigenvalue weighted by atomic mass is 10.2. The fraction of sp³-hybridized carbons (Fsp3) is 0.188. The minimum Gasteiger partial charge on any atom is -0.508 e. The molecular weight excluding hydrogens is 296 g/mol. The molecule has 0 aliphatic rings. The third-order valence-corrected chi connectivity index (χ3v) is 3.07. The molecule has 0 unspecified atom stereocenters. The number of aromatic hydroxyl groups is 1. The van der Waals surface area contributed by atoms with Crippen molar-refractivity contribution in [3.8, 4) is 17.7 Å². The average molecular weight is 312 g/mol. The third-order valence-electron chi connectivity index (χ3n) is 3.07. The Kier molecular flexibility index (Phi) is 5.00. The molecule has 0 bridgehead atoms. The van der Waals surface area contributed by atoms with Crippen LogP contribution >= 0.6 is 0 Å². The van der Waals surface area contributed by atoms with Gasteiger partial charge in [0.1, 0.15) is 23.1 Å². The van der Waals surface area contributed by atoms with E-state index in [9.17, 15) is 9.90 Å². The molecule has 7 heteroatoms. The highest BCUT2D eigenvalue weighted by atomic mass is 16.5. The molecule has 1 aromatic carbocycles. The van der Waals surface area contributed by atoms with E-state index < -0.39 is 5.91 Å². The molecule has 0 radical (unpaired) electrons. The zero-order valence-corrected chi connectivity index (χ0v) is 12.5. The summed E-state index contributed by atoms with van der Waals surface area (Å²) >= 11 is 0. The summed E-state index contributed by atoms with van der Waals surface area (Å²) in [5.41, 5.74) is 6.61. The fourth-order valence-electron chi connectivity index (χ4n) is 1.94. The molecule has 1 aromatic heterocycles. The number of carbonyl (C=O) groups is 1. The number of hydrogen-bond acceptors (Lipinski definition) is 6. The Morgan fingerprint density at radius 3 is 2.87 bits per heavy atom. The fourth-order valence-corrected chi connectivity index (χ4v) is 1.94. The van der Waals surface area contributed by atoms with Gasteiger partial charge in [0.2, 0.25) is 5.88 Å². The number of rotatable bonds is 5. The lowest BCUT2D eigenvalue weighted by Gasteiger charge is -2.10. The van der Waals surface area contributed by atoms with Crippen LogP contribution in [-0.4, -0.2) is 22.6 Å².